The van der Waals surface area contributed by atoms with Crippen molar-refractivity contribution in [2.45, 2.75) is 18.9 Å². The molecule has 3 rings (SSSR count). The molecule has 1 aromatic carbocycles. The Kier molecular flexibility index (Phi) is 4.24. The lowest BCUT2D eigenvalue weighted by molar-refractivity contribution is -0.141. The minimum atomic E-state index is -0.990. The summed E-state index contributed by atoms with van der Waals surface area (Å²) in [5, 5.41) is 14.2. The molecule has 0 bridgehead atoms. The Labute approximate surface area is 135 Å². The molecule has 1 aliphatic heterocycles. The third-order valence-corrected chi connectivity index (χ3v) is 4.38. The topological polar surface area (TPSA) is 82.5 Å². The molecular formula is C15H14FN3O3S. The SMILES string of the molecule is O=C(O)C1CCCN1C(=O)c1csc(Nc2ccc(F)cc2)n1. The van der Waals surface area contributed by atoms with Gasteiger partial charge in [-0.2, -0.15) is 0 Å². The fourth-order valence-corrected chi connectivity index (χ4v) is 3.20. The normalized spacial score (nSPS) is 17.3. The van der Waals surface area contributed by atoms with E-state index in [9.17, 15) is 14.0 Å². The zero-order valence-electron chi connectivity index (χ0n) is 12.0. The summed E-state index contributed by atoms with van der Waals surface area (Å²) in [7, 11) is 0. The number of carboxylic acid groups (broad SMARTS) is 1. The van der Waals surface area contributed by atoms with E-state index in [0.29, 0.717) is 30.2 Å². The molecule has 1 fully saturated rings. The number of anilines is 2. The molecule has 1 aliphatic rings. The summed E-state index contributed by atoms with van der Waals surface area (Å²) in [6.45, 7) is 0.425. The van der Waals surface area contributed by atoms with Crippen LogP contribution in [0.3, 0.4) is 0 Å². The Hall–Kier alpha value is -2.48. The highest BCUT2D eigenvalue weighted by molar-refractivity contribution is 7.14. The van der Waals surface area contributed by atoms with Crippen LogP contribution in [-0.4, -0.2) is 39.5 Å². The van der Waals surface area contributed by atoms with Gasteiger partial charge in [-0.05, 0) is 37.1 Å². The van der Waals surface area contributed by atoms with Gasteiger partial charge in [0, 0.05) is 17.6 Å². The summed E-state index contributed by atoms with van der Waals surface area (Å²) in [4.78, 5) is 29.1. The largest absolute Gasteiger partial charge is 0.480 e. The van der Waals surface area contributed by atoms with Crippen molar-refractivity contribution in [2.75, 3.05) is 11.9 Å². The number of halogens is 1. The van der Waals surface area contributed by atoms with Crippen LogP contribution in [0.2, 0.25) is 0 Å². The molecule has 1 amide bonds. The van der Waals surface area contributed by atoms with Crippen molar-refractivity contribution in [3.05, 3.63) is 41.2 Å². The molecule has 0 saturated carbocycles. The maximum absolute atomic E-state index is 12.9. The number of carbonyl (C=O) groups excluding carboxylic acids is 1. The highest BCUT2D eigenvalue weighted by atomic mass is 32.1. The average Bonchev–Trinajstić information content (AvgIpc) is 3.18. The molecule has 1 aromatic heterocycles. The highest BCUT2D eigenvalue weighted by Crippen LogP contribution is 2.24. The first-order valence-corrected chi connectivity index (χ1v) is 7.94. The summed E-state index contributed by atoms with van der Waals surface area (Å²) < 4.78 is 12.9. The van der Waals surface area contributed by atoms with Crippen LogP contribution in [0.4, 0.5) is 15.2 Å². The lowest BCUT2D eigenvalue weighted by Crippen LogP contribution is -2.40. The number of rotatable bonds is 4. The number of hydrogen-bond donors (Lipinski definition) is 2. The Morgan fingerprint density at radius 3 is 2.78 bits per heavy atom. The van der Waals surface area contributed by atoms with Crippen molar-refractivity contribution in [1.29, 1.82) is 0 Å². The molecule has 120 valence electrons. The molecule has 8 heteroatoms. The summed E-state index contributed by atoms with van der Waals surface area (Å²) in [5.74, 6) is -1.70. The summed E-state index contributed by atoms with van der Waals surface area (Å²) in [5.41, 5.74) is 0.872. The monoisotopic (exact) mass is 335 g/mol. The number of hydrogen-bond acceptors (Lipinski definition) is 5. The number of aromatic nitrogens is 1. The van der Waals surface area contributed by atoms with Gasteiger partial charge in [0.25, 0.3) is 5.91 Å². The molecule has 2 N–H and O–H groups in total. The Balaban J connectivity index is 1.72. The molecule has 1 unspecified atom stereocenters. The zero-order chi connectivity index (χ0) is 16.4. The molecule has 1 atom stereocenters. The van der Waals surface area contributed by atoms with Crippen LogP contribution in [0.1, 0.15) is 23.3 Å². The van der Waals surface area contributed by atoms with Crippen molar-refractivity contribution in [3.8, 4) is 0 Å². The molecule has 6 nitrogen and oxygen atoms in total. The van der Waals surface area contributed by atoms with Gasteiger partial charge >= 0.3 is 5.97 Å². The molecule has 23 heavy (non-hydrogen) atoms. The van der Waals surface area contributed by atoms with Crippen LogP contribution in [0.15, 0.2) is 29.6 Å². The maximum atomic E-state index is 12.9. The van der Waals surface area contributed by atoms with Gasteiger partial charge < -0.3 is 15.3 Å². The second kappa shape index (κ2) is 6.33. The molecule has 2 aromatic rings. The zero-order valence-corrected chi connectivity index (χ0v) is 12.8. The average molecular weight is 335 g/mol. The van der Waals surface area contributed by atoms with Crippen LogP contribution in [0.25, 0.3) is 0 Å². The van der Waals surface area contributed by atoms with Crippen LogP contribution in [0.5, 0.6) is 0 Å². The number of aliphatic carboxylic acids is 1. The molecule has 0 aliphatic carbocycles. The highest BCUT2D eigenvalue weighted by Gasteiger charge is 2.35. The number of carboxylic acids is 1. The van der Waals surface area contributed by atoms with Crippen molar-refractivity contribution >= 4 is 34.0 Å². The number of carbonyl (C=O) groups is 2. The van der Waals surface area contributed by atoms with E-state index in [0.717, 1.165) is 0 Å². The Morgan fingerprint density at radius 2 is 2.09 bits per heavy atom. The van der Waals surface area contributed by atoms with Crippen molar-refractivity contribution in [3.63, 3.8) is 0 Å². The first-order chi connectivity index (χ1) is 11.0. The van der Waals surface area contributed by atoms with Crippen LogP contribution in [0, 0.1) is 5.82 Å². The molecule has 0 spiro atoms. The third kappa shape index (κ3) is 3.31. The number of likely N-dealkylation sites (tertiary alicyclic amines) is 1. The first kappa shape index (κ1) is 15.4. The predicted molar refractivity (Wildman–Crippen MR) is 83.5 cm³/mol. The van der Waals surface area contributed by atoms with Gasteiger partial charge in [0.2, 0.25) is 0 Å². The number of amides is 1. The van der Waals surface area contributed by atoms with E-state index >= 15 is 0 Å². The van der Waals surface area contributed by atoms with Crippen molar-refractivity contribution in [1.82, 2.24) is 9.88 Å². The fourth-order valence-electron chi connectivity index (χ4n) is 2.50. The van der Waals surface area contributed by atoms with Gasteiger partial charge in [-0.3, -0.25) is 4.79 Å². The van der Waals surface area contributed by atoms with E-state index in [1.54, 1.807) is 17.5 Å². The number of nitrogens with zero attached hydrogens (tertiary/aromatic N) is 2. The lowest BCUT2D eigenvalue weighted by Gasteiger charge is -2.20. The summed E-state index contributed by atoms with van der Waals surface area (Å²) in [6, 6.07) is 5.00. The molecular weight excluding hydrogens is 321 g/mol. The summed E-state index contributed by atoms with van der Waals surface area (Å²) >= 11 is 1.23. The minimum Gasteiger partial charge on any atom is -0.480 e. The quantitative estimate of drug-likeness (QED) is 0.898. The smallest absolute Gasteiger partial charge is 0.326 e. The van der Waals surface area contributed by atoms with Gasteiger partial charge in [0.05, 0.1) is 0 Å². The molecule has 0 radical (unpaired) electrons. The Bertz CT molecular complexity index is 732. The van der Waals surface area contributed by atoms with Gasteiger partial charge in [0.1, 0.15) is 17.6 Å². The van der Waals surface area contributed by atoms with Crippen molar-refractivity contribution in [2.24, 2.45) is 0 Å². The number of thiazole rings is 1. The maximum Gasteiger partial charge on any atom is 0.326 e. The van der Waals surface area contributed by atoms with E-state index in [2.05, 4.69) is 10.3 Å². The third-order valence-electron chi connectivity index (χ3n) is 3.62. The number of benzene rings is 1. The van der Waals surface area contributed by atoms with E-state index in [4.69, 9.17) is 5.11 Å². The second-order valence-corrected chi connectivity index (χ2v) is 6.02. The minimum absolute atomic E-state index is 0.216. The van der Waals surface area contributed by atoms with Gasteiger partial charge in [0.15, 0.2) is 5.13 Å². The van der Waals surface area contributed by atoms with E-state index in [1.807, 2.05) is 0 Å². The fraction of sp³-hybridized carbons (Fsp3) is 0.267. The van der Waals surface area contributed by atoms with Crippen molar-refractivity contribution < 1.29 is 19.1 Å². The predicted octanol–water partition coefficient (Wildman–Crippen LogP) is 2.72. The van der Waals surface area contributed by atoms with E-state index in [1.165, 1.54) is 28.4 Å². The standard InChI is InChI=1S/C15H14FN3O3S/c16-9-3-5-10(6-4-9)17-15-18-11(8-23-15)13(20)19-7-1-2-12(19)14(21)22/h3-6,8,12H,1-2,7H2,(H,17,18)(H,21,22). The summed E-state index contributed by atoms with van der Waals surface area (Å²) in [6.07, 6.45) is 1.14. The second-order valence-electron chi connectivity index (χ2n) is 5.16. The van der Waals surface area contributed by atoms with Gasteiger partial charge in [-0.25, -0.2) is 14.2 Å². The van der Waals surface area contributed by atoms with E-state index < -0.39 is 12.0 Å². The van der Waals surface area contributed by atoms with Crippen LogP contribution in [-0.2, 0) is 4.79 Å². The first-order valence-electron chi connectivity index (χ1n) is 7.06. The van der Waals surface area contributed by atoms with Crippen LogP contribution < -0.4 is 5.32 Å². The lowest BCUT2D eigenvalue weighted by atomic mass is 10.2. The molecule has 2 heterocycles. The van der Waals surface area contributed by atoms with E-state index in [-0.39, 0.29) is 17.4 Å². The molecule has 1 saturated heterocycles. The van der Waals surface area contributed by atoms with Gasteiger partial charge in [-0.1, -0.05) is 0 Å². The Morgan fingerprint density at radius 1 is 1.35 bits per heavy atom. The van der Waals surface area contributed by atoms with Gasteiger partial charge in [-0.15, -0.1) is 11.3 Å². The number of nitrogens with one attached hydrogen (secondary N) is 1. The van der Waals surface area contributed by atoms with Crippen LogP contribution >= 0.6 is 11.3 Å².